The van der Waals surface area contributed by atoms with Gasteiger partial charge in [0.1, 0.15) is 11.9 Å². The Kier molecular flexibility index (Phi) is 5.05. The van der Waals surface area contributed by atoms with Gasteiger partial charge in [0.2, 0.25) is 11.7 Å². The van der Waals surface area contributed by atoms with Crippen molar-refractivity contribution in [2.75, 3.05) is 13.2 Å². The minimum absolute atomic E-state index is 0.114. The van der Waals surface area contributed by atoms with Gasteiger partial charge in [0, 0.05) is 24.8 Å². The third-order valence-electron chi connectivity index (χ3n) is 3.82. The zero-order valence-electron chi connectivity index (χ0n) is 13.3. The van der Waals surface area contributed by atoms with E-state index in [1.54, 1.807) is 19.1 Å². The van der Waals surface area contributed by atoms with Crippen molar-refractivity contribution in [3.8, 4) is 11.4 Å². The molecular weight excluding hydrogens is 315 g/mol. The maximum absolute atomic E-state index is 12.9. The van der Waals surface area contributed by atoms with Crippen molar-refractivity contribution in [1.29, 1.82) is 0 Å². The lowest BCUT2D eigenvalue weighted by atomic mass is 10.1. The summed E-state index contributed by atoms with van der Waals surface area (Å²) in [5.41, 5.74) is 0.644. The van der Waals surface area contributed by atoms with E-state index in [9.17, 15) is 9.18 Å². The first-order valence-corrected chi connectivity index (χ1v) is 7.86. The van der Waals surface area contributed by atoms with Crippen LogP contribution in [-0.2, 0) is 4.74 Å². The quantitative estimate of drug-likeness (QED) is 0.896. The minimum Gasteiger partial charge on any atom is -0.381 e. The van der Waals surface area contributed by atoms with Gasteiger partial charge >= 0.3 is 6.03 Å². The molecule has 0 bridgehead atoms. The summed E-state index contributed by atoms with van der Waals surface area (Å²) in [6.45, 7) is 3.07. The van der Waals surface area contributed by atoms with Gasteiger partial charge in [-0.1, -0.05) is 5.16 Å². The molecule has 3 rings (SSSR count). The normalized spacial score (nSPS) is 16.6. The summed E-state index contributed by atoms with van der Waals surface area (Å²) in [7, 11) is 0. The summed E-state index contributed by atoms with van der Waals surface area (Å²) in [5.74, 6) is 0.308. The van der Waals surface area contributed by atoms with E-state index in [0.29, 0.717) is 24.6 Å². The van der Waals surface area contributed by atoms with E-state index < -0.39 is 6.04 Å². The van der Waals surface area contributed by atoms with Gasteiger partial charge in [-0.05, 0) is 44.0 Å². The number of nitrogens with zero attached hydrogens (tertiary/aromatic N) is 2. The summed E-state index contributed by atoms with van der Waals surface area (Å²) in [4.78, 5) is 16.3. The molecule has 8 heteroatoms. The number of urea groups is 1. The maximum Gasteiger partial charge on any atom is 0.315 e. The molecule has 24 heavy (non-hydrogen) atoms. The monoisotopic (exact) mass is 334 g/mol. The zero-order valence-corrected chi connectivity index (χ0v) is 13.3. The number of halogens is 1. The first kappa shape index (κ1) is 16.4. The van der Waals surface area contributed by atoms with Crippen LogP contribution in [0.15, 0.2) is 28.8 Å². The second-order valence-corrected chi connectivity index (χ2v) is 5.69. The molecule has 1 atom stereocenters. The Hall–Kier alpha value is -2.48. The van der Waals surface area contributed by atoms with Gasteiger partial charge in [-0.3, -0.25) is 0 Å². The summed E-state index contributed by atoms with van der Waals surface area (Å²) in [6, 6.07) is 5.19. The lowest BCUT2D eigenvalue weighted by Gasteiger charge is -2.23. The largest absolute Gasteiger partial charge is 0.381 e. The Labute approximate surface area is 138 Å². The van der Waals surface area contributed by atoms with Crippen LogP contribution in [0.3, 0.4) is 0 Å². The van der Waals surface area contributed by atoms with E-state index in [2.05, 4.69) is 20.8 Å². The summed E-state index contributed by atoms with van der Waals surface area (Å²) < 4.78 is 23.4. The van der Waals surface area contributed by atoms with Crippen molar-refractivity contribution in [3.05, 3.63) is 36.0 Å². The molecule has 2 heterocycles. The van der Waals surface area contributed by atoms with Gasteiger partial charge in [-0.2, -0.15) is 4.98 Å². The van der Waals surface area contributed by atoms with Crippen LogP contribution < -0.4 is 10.6 Å². The predicted octanol–water partition coefficient (Wildman–Crippen LogP) is 2.41. The first-order valence-electron chi connectivity index (χ1n) is 7.86. The molecule has 1 aromatic carbocycles. The second kappa shape index (κ2) is 7.39. The predicted molar refractivity (Wildman–Crippen MR) is 83.6 cm³/mol. The highest BCUT2D eigenvalue weighted by Crippen LogP contribution is 2.19. The average molecular weight is 334 g/mol. The van der Waals surface area contributed by atoms with E-state index >= 15 is 0 Å². The Balaban J connectivity index is 1.57. The zero-order chi connectivity index (χ0) is 16.9. The van der Waals surface area contributed by atoms with E-state index in [0.717, 1.165) is 12.8 Å². The molecule has 1 aromatic heterocycles. The molecule has 0 aliphatic carbocycles. The van der Waals surface area contributed by atoms with E-state index in [1.807, 2.05) is 0 Å². The third kappa shape index (κ3) is 4.08. The molecule has 0 spiro atoms. The standard InChI is InChI=1S/C16H19FN4O3/c1-10(18-16(22)19-13-6-8-23-9-7-13)15-20-14(21-24-15)11-2-4-12(17)5-3-11/h2-5,10,13H,6-9H2,1H3,(H2,18,19,22)/t10-/m0/s1. The van der Waals surface area contributed by atoms with Crippen LogP contribution in [0, 0.1) is 5.82 Å². The maximum atomic E-state index is 12.9. The number of rotatable bonds is 4. The lowest BCUT2D eigenvalue weighted by molar-refractivity contribution is 0.0799. The van der Waals surface area contributed by atoms with Crippen LogP contribution >= 0.6 is 0 Å². The second-order valence-electron chi connectivity index (χ2n) is 5.69. The molecule has 2 N–H and O–H groups in total. The van der Waals surface area contributed by atoms with Gasteiger partial charge in [0.15, 0.2) is 0 Å². The Morgan fingerprint density at radius 2 is 2.00 bits per heavy atom. The van der Waals surface area contributed by atoms with Gasteiger partial charge in [0.05, 0.1) is 0 Å². The average Bonchev–Trinajstić information content (AvgIpc) is 3.06. The van der Waals surface area contributed by atoms with Gasteiger partial charge in [-0.15, -0.1) is 0 Å². The molecule has 128 valence electrons. The molecular formula is C16H19FN4O3. The van der Waals surface area contributed by atoms with Crippen LogP contribution in [0.4, 0.5) is 9.18 Å². The lowest BCUT2D eigenvalue weighted by Crippen LogP contribution is -2.45. The molecule has 1 aliphatic rings. The summed E-state index contributed by atoms with van der Waals surface area (Å²) in [5, 5.41) is 9.54. The highest BCUT2D eigenvalue weighted by Gasteiger charge is 2.20. The highest BCUT2D eigenvalue weighted by atomic mass is 19.1. The number of nitrogens with one attached hydrogen (secondary N) is 2. The van der Waals surface area contributed by atoms with Crippen molar-refractivity contribution >= 4 is 6.03 Å². The number of ether oxygens (including phenoxy) is 1. The fourth-order valence-electron chi connectivity index (χ4n) is 2.45. The van der Waals surface area contributed by atoms with Crippen LogP contribution in [-0.4, -0.2) is 35.4 Å². The van der Waals surface area contributed by atoms with E-state index in [1.165, 1.54) is 12.1 Å². The smallest absolute Gasteiger partial charge is 0.315 e. The van der Waals surface area contributed by atoms with Crippen molar-refractivity contribution < 1.29 is 18.4 Å². The summed E-state index contributed by atoms with van der Waals surface area (Å²) in [6.07, 6.45) is 1.61. The molecule has 1 saturated heterocycles. The molecule has 1 aliphatic heterocycles. The Morgan fingerprint density at radius 3 is 2.71 bits per heavy atom. The van der Waals surface area contributed by atoms with Gasteiger partial charge in [-0.25, -0.2) is 9.18 Å². The number of carbonyl (C=O) groups is 1. The van der Waals surface area contributed by atoms with E-state index in [4.69, 9.17) is 9.26 Å². The number of benzene rings is 1. The topological polar surface area (TPSA) is 89.3 Å². The fourth-order valence-corrected chi connectivity index (χ4v) is 2.45. The fraction of sp³-hybridized carbons (Fsp3) is 0.438. The molecule has 0 saturated carbocycles. The number of hydrogen-bond donors (Lipinski definition) is 2. The Bertz CT molecular complexity index is 683. The Morgan fingerprint density at radius 1 is 1.29 bits per heavy atom. The molecule has 1 fully saturated rings. The van der Waals surface area contributed by atoms with Gasteiger partial charge in [0.25, 0.3) is 0 Å². The van der Waals surface area contributed by atoms with Crippen molar-refractivity contribution in [3.63, 3.8) is 0 Å². The molecule has 7 nitrogen and oxygen atoms in total. The van der Waals surface area contributed by atoms with Crippen molar-refractivity contribution in [2.45, 2.75) is 31.8 Å². The number of amides is 2. The van der Waals surface area contributed by atoms with Crippen LogP contribution in [0.5, 0.6) is 0 Å². The number of hydrogen-bond acceptors (Lipinski definition) is 5. The molecule has 2 aromatic rings. The third-order valence-corrected chi connectivity index (χ3v) is 3.82. The number of carbonyl (C=O) groups excluding carboxylic acids is 1. The van der Waals surface area contributed by atoms with Crippen LogP contribution in [0.2, 0.25) is 0 Å². The van der Waals surface area contributed by atoms with Crippen LogP contribution in [0.25, 0.3) is 11.4 Å². The van der Waals surface area contributed by atoms with Crippen molar-refractivity contribution in [2.24, 2.45) is 0 Å². The van der Waals surface area contributed by atoms with Gasteiger partial charge < -0.3 is 19.9 Å². The van der Waals surface area contributed by atoms with Crippen LogP contribution in [0.1, 0.15) is 31.7 Å². The van der Waals surface area contributed by atoms with Crippen molar-refractivity contribution in [1.82, 2.24) is 20.8 Å². The highest BCUT2D eigenvalue weighted by molar-refractivity contribution is 5.74. The summed E-state index contributed by atoms with van der Waals surface area (Å²) >= 11 is 0. The minimum atomic E-state index is -0.438. The molecule has 2 amide bonds. The number of aromatic nitrogens is 2. The first-order chi connectivity index (χ1) is 11.6. The molecule has 0 unspecified atom stereocenters. The molecule has 0 radical (unpaired) electrons. The van der Waals surface area contributed by atoms with E-state index in [-0.39, 0.29) is 23.8 Å². The SMILES string of the molecule is C[C@H](NC(=O)NC1CCOCC1)c1nc(-c2ccc(F)cc2)no1.